The summed E-state index contributed by atoms with van der Waals surface area (Å²) in [6.45, 7) is 3.37. The Balaban J connectivity index is 2.21. The molecule has 0 atom stereocenters. The third-order valence-corrected chi connectivity index (χ3v) is 3.75. The van der Waals surface area contributed by atoms with Gasteiger partial charge in [-0.25, -0.2) is 4.79 Å². The van der Waals surface area contributed by atoms with Crippen molar-refractivity contribution in [3.05, 3.63) is 42.0 Å². The minimum absolute atomic E-state index is 0.0376. The number of aliphatic hydroxyl groups is 1. The van der Waals surface area contributed by atoms with E-state index in [1.54, 1.807) is 30.3 Å². The molecule has 140 valence electrons. The number of benzene rings is 1. The summed E-state index contributed by atoms with van der Waals surface area (Å²) in [4.78, 5) is 46.4. The molecule has 0 saturated carbocycles. The number of carbonyl (C=O) groups is 4. The van der Waals surface area contributed by atoms with Gasteiger partial charge in [0.2, 0.25) is 0 Å². The van der Waals surface area contributed by atoms with Gasteiger partial charge in [-0.05, 0) is 17.7 Å². The summed E-state index contributed by atoms with van der Waals surface area (Å²) in [5.74, 6) is -1.01. The third kappa shape index (κ3) is 8.48. The second kappa shape index (κ2) is 11.9. The quantitative estimate of drug-likeness (QED) is 0.543. The monoisotopic (exact) mass is 360 g/mol. The molecule has 0 saturated heterocycles. The Kier molecular flexibility index (Phi) is 9.79. The van der Waals surface area contributed by atoms with Crippen LogP contribution in [0.4, 0.5) is 0 Å². The maximum atomic E-state index is 11.8. The second-order valence-electron chi connectivity index (χ2n) is 5.80. The van der Waals surface area contributed by atoms with Gasteiger partial charge in [-0.1, -0.05) is 24.8 Å². The van der Waals surface area contributed by atoms with E-state index in [9.17, 15) is 19.2 Å². The molecular formula is C20H24O6. The average molecular weight is 360 g/mol. The van der Waals surface area contributed by atoms with E-state index in [0.717, 1.165) is 5.56 Å². The van der Waals surface area contributed by atoms with Crippen LogP contribution in [0.5, 0.6) is 0 Å². The molecule has 1 rings (SSSR count). The highest BCUT2D eigenvalue weighted by Gasteiger charge is 2.11. The van der Waals surface area contributed by atoms with Gasteiger partial charge in [0.05, 0.1) is 12.2 Å². The lowest BCUT2D eigenvalue weighted by Gasteiger charge is -2.05. The fourth-order valence-electron chi connectivity index (χ4n) is 2.15. The van der Waals surface area contributed by atoms with Gasteiger partial charge in [0, 0.05) is 45.1 Å². The van der Waals surface area contributed by atoms with E-state index in [4.69, 9.17) is 9.84 Å². The molecule has 0 radical (unpaired) electrons. The molecule has 0 aliphatic heterocycles. The number of esters is 1. The average Bonchev–Trinajstić information content (AvgIpc) is 2.65. The van der Waals surface area contributed by atoms with Crippen LogP contribution in [0.2, 0.25) is 0 Å². The van der Waals surface area contributed by atoms with Crippen LogP contribution in [0, 0.1) is 0 Å². The number of aliphatic hydroxyl groups excluding tert-OH is 1. The van der Waals surface area contributed by atoms with Crippen LogP contribution in [0.3, 0.4) is 0 Å². The van der Waals surface area contributed by atoms with Crippen molar-refractivity contribution in [2.75, 3.05) is 13.2 Å². The van der Waals surface area contributed by atoms with Crippen molar-refractivity contribution in [1.82, 2.24) is 0 Å². The van der Waals surface area contributed by atoms with Crippen molar-refractivity contribution in [2.45, 2.75) is 38.5 Å². The van der Waals surface area contributed by atoms with Gasteiger partial charge < -0.3 is 9.84 Å². The lowest BCUT2D eigenvalue weighted by Crippen LogP contribution is -2.12. The molecule has 0 fully saturated rings. The molecule has 0 aromatic heterocycles. The number of carbonyl (C=O) groups excluding carboxylic acids is 4. The third-order valence-electron chi connectivity index (χ3n) is 3.75. The van der Waals surface area contributed by atoms with Crippen molar-refractivity contribution in [1.29, 1.82) is 0 Å². The summed E-state index contributed by atoms with van der Waals surface area (Å²) in [6.07, 6.45) is 2.08. The predicted molar refractivity (Wildman–Crippen MR) is 96.6 cm³/mol. The smallest absolute Gasteiger partial charge is 0.338 e. The first kappa shape index (κ1) is 21.4. The summed E-state index contributed by atoms with van der Waals surface area (Å²) < 4.78 is 5.05. The summed E-state index contributed by atoms with van der Waals surface area (Å²) >= 11 is 0. The summed E-state index contributed by atoms with van der Waals surface area (Å²) in [7, 11) is 0. The zero-order valence-corrected chi connectivity index (χ0v) is 14.7. The van der Waals surface area contributed by atoms with Crippen LogP contribution < -0.4 is 0 Å². The Morgan fingerprint density at radius 2 is 1.35 bits per heavy atom. The maximum Gasteiger partial charge on any atom is 0.338 e. The molecule has 1 N–H and O–H groups in total. The van der Waals surface area contributed by atoms with Crippen molar-refractivity contribution in [3.8, 4) is 0 Å². The van der Waals surface area contributed by atoms with E-state index < -0.39 is 5.97 Å². The van der Waals surface area contributed by atoms with Gasteiger partial charge in [0.1, 0.15) is 17.3 Å². The lowest BCUT2D eigenvalue weighted by molar-refractivity contribution is -0.126. The molecule has 1 aromatic rings. The zero-order chi connectivity index (χ0) is 19.4. The Labute approximate surface area is 152 Å². The van der Waals surface area contributed by atoms with Crippen LogP contribution in [0.15, 0.2) is 30.8 Å². The highest BCUT2D eigenvalue weighted by molar-refractivity contribution is 5.90. The number of ketones is 3. The van der Waals surface area contributed by atoms with Crippen LogP contribution >= 0.6 is 0 Å². The molecule has 26 heavy (non-hydrogen) atoms. The standard InChI is InChI=1S/C20H24O6/c1-2-15-3-5-16(6-4-15)20(25)26-14-12-19(24)10-8-17(22)7-9-18(23)11-13-21/h2-6,21H,1,7-14H2. The number of ether oxygens (including phenoxy) is 1. The fraction of sp³-hybridized carbons (Fsp3) is 0.400. The largest absolute Gasteiger partial charge is 0.462 e. The fourth-order valence-corrected chi connectivity index (χ4v) is 2.15. The molecule has 0 amide bonds. The normalized spacial score (nSPS) is 10.2. The first-order chi connectivity index (χ1) is 12.5. The Morgan fingerprint density at radius 3 is 1.85 bits per heavy atom. The highest BCUT2D eigenvalue weighted by atomic mass is 16.5. The van der Waals surface area contributed by atoms with Crippen molar-refractivity contribution in [2.24, 2.45) is 0 Å². The lowest BCUT2D eigenvalue weighted by atomic mass is 10.0. The summed E-state index contributed by atoms with van der Waals surface area (Å²) in [6, 6.07) is 6.73. The van der Waals surface area contributed by atoms with Gasteiger partial charge >= 0.3 is 5.97 Å². The maximum absolute atomic E-state index is 11.8. The van der Waals surface area contributed by atoms with E-state index in [2.05, 4.69) is 6.58 Å². The van der Waals surface area contributed by atoms with E-state index in [0.29, 0.717) is 5.56 Å². The topological polar surface area (TPSA) is 97.7 Å². The molecule has 0 aliphatic rings. The van der Waals surface area contributed by atoms with Gasteiger partial charge in [-0.3, -0.25) is 14.4 Å². The second-order valence-corrected chi connectivity index (χ2v) is 5.80. The predicted octanol–water partition coefficient (Wildman–Crippen LogP) is 2.53. The number of hydrogen-bond donors (Lipinski definition) is 1. The molecule has 0 spiro atoms. The number of rotatable bonds is 13. The minimum atomic E-state index is -0.508. The van der Waals surface area contributed by atoms with Gasteiger partial charge in [0.15, 0.2) is 0 Å². The van der Waals surface area contributed by atoms with Gasteiger partial charge in [-0.2, -0.15) is 0 Å². The van der Waals surface area contributed by atoms with E-state index in [1.807, 2.05) is 0 Å². The van der Waals surface area contributed by atoms with Crippen LogP contribution in [0.25, 0.3) is 6.08 Å². The van der Waals surface area contributed by atoms with Crippen molar-refractivity contribution < 1.29 is 29.0 Å². The highest BCUT2D eigenvalue weighted by Crippen LogP contribution is 2.08. The van der Waals surface area contributed by atoms with Crippen molar-refractivity contribution in [3.63, 3.8) is 0 Å². The molecule has 0 unspecified atom stereocenters. The molecule has 0 bridgehead atoms. The van der Waals surface area contributed by atoms with Gasteiger partial charge in [0.25, 0.3) is 0 Å². The van der Waals surface area contributed by atoms with Crippen LogP contribution in [-0.2, 0) is 19.1 Å². The SMILES string of the molecule is C=Cc1ccc(C(=O)OCCC(=O)CCC(=O)CCC(=O)CCO)cc1. The first-order valence-corrected chi connectivity index (χ1v) is 8.52. The molecule has 6 heteroatoms. The Morgan fingerprint density at radius 1 is 0.846 bits per heavy atom. The summed E-state index contributed by atoms with van der Waals surface area (Å²) in [5, 5.41) is 8.61. The van der Waals surface area contributed by atoms with Gasteiger partial charge in [-0.15, -0.1) is 0 Å². The Bertz CT molecular complexity index is 645. The number of hydrogen-bond acceptors (Lipinski definition) is 6. The molecule has 1 aromatic carbocycles. The molecule has 0 heterocycles. The zero-order valence-electron chi connectivity index (χ0n) is 14.7. The van der Waals surface area contributed by atoms with E-state index in [-0.39, 0.29) is 69.1 Å². The molecule has 0 aliphatic carbocycles. The summed E-state index contributed by atoms with van der Waals surface area (Å²) in [5.41, 5.74) is 1.28. The molecule has 6 nitrogen and oxygen atoms in total. The van der Waals surface area contributed by atoms with E-state index >= 15 is 0 Å². The van der Waals surface area contributed by atoms with Crippen molar-refractivity contribution >= 4 is 29.4 Å². The first-order valence-electron chi connectivity index (χ1n) is 8.52. The minimum Gasteiger partial charge on any atom is -0.462 e. The van der Waals surface area contributed by atoms with Crippen LogP contribution in [-0.4, -0.2) is 41.6 Å². The van der Waals surface area contributed by atoms with E-state index in [1.165, 1.54) is 0 Å². The Hall–Kier alpha value is -2.60. The molecular weight excluding hydrogens is 336 g/mol. The number of Topliss-reactive ketones (excluding diaryl/α,β-unsaturated/α-hetero) is 3. The van der Waals surface area contributed by atoms with Crippen LogP contribution in [0.1, 0.15) is 54.4 Å².